The number of aromatic nitrogens is 3. The van der Waals surface area contributed by atoms with Gasteiger partial charge in [0, 0.05) is 42.8 Å². The molecule has 4 rings (SSSR count). The number of benzene rings is 1. The lowest BCUT2D eigenvalue weighted by atomic mass is 10.2. The molecule has 1 aliphatic heterocycles. The van der Waals surface area contributed by atoms with Crippen LogP contribution in [0.4, 0.5) is 22.0 Å². The Labute approximate surface area is 220 Å². The van der Waals surface area contributed by atoms with Gasteiger partial charge in [-0.25, -0.2) is 9.78 Å². The van der Waals surface area contributed by atoms with Crippen molar-refractivity contribution in [1.29, 1.82) is 0 Å². The van der Waals surface area contributed by atoms with Crippen LogP contribution in [0.3, 0.4) is 0 Å². The molecule has 2 aromatic heterocycles. The average molecular weight is 529 g/mol. The lowest BCUT2D eigenvalue weighted by molar-refractivity contribution is 0.122. The van der Waals surface area contributed by atoms with E-state index in [1.807, 2.05) is 31.2 Å². The zero-order valence-electron chi connectivity index (χ0n) is 20.7. The van der Waals surface area contributed by atoms with E-state index in [9.17, 15) is 4.79 Å². The molecule has 0 bridgehead atoms. The molecule has 3 heterocycles. The first-order chi connectivity index (χ1) is 17.6. The first-order valence-corrected chi connectivity index (χ1v) is 14.0. The first-order valence-electron chi connectivity index (χ1n) is 12.2. The van der Waals surface area contributed by atoms with E-state index in [2.05, 4.69) is 44.8 Å². The normalized spacial score (nSPS) is 13.4. The largest absolute Gasteiger partial charge is 0.449 e. The highest BCUT2D eigenvalue weighted by Crippen LogP contribution is 2.29. The first kappa shape index (κ1) is 26.2. The summed E-state index contributed by atoms with van der Waals surface area (Å²) in [5.74, 6) is 1.52. The number of ether oxygens (including phenoxy) is 2. The molecule has 192 valence electrons. The second-order valence-corrected chi connectivity index (χ2v) is 10.5. The lowest BCUT2D eigenvalue weighted by Crippen LogP contribution is -2.36. The molecule has 9 nitrogen and oxygen atoms in total. The molecule has 1 aromatic carbocycles. The highest BCUT2D eigenvalue weighted by atomic mass is 32.2. The molecule has 0 unspecified atom stereocenters. The number of aryl methyl sites for hydroxylation is 1. The number of hydrogen-bond donors (Lipinski definition) is 2. The summed E-state index contributed by atoms with van der Waals surface area (Å²) < 4.78 is 11.6. The van der Waals surface area contributed by atoms with Crippen LogP contribution in [0.2, 0.25) is 0 Å². The molecule has 3 aromatic rings. The van der Waals surface area contributed by atoms with Crippen molar-refractivity contribution in [3.63, 3.8) is 0 Å². The minimum absolute atomic E-state index is 0.400. The number of carbonyl (C=O) groups excluding carboxylic acids is 1. The van der Waals surface area contributed by atoms with Gasteiger partial charge in [0.1, 0.15) is 10.8 Å². The van der Waals surface area contributed by atoms with Crippen molar-refractivity contribution in [3.05, 3.63) is 52.7 Å². The quantitative estimate of drug-likeness (QED) is 0.325. The van der Waals surface area contributed by atoms with Gasteiger partial charge in [-0.1, -0.05) is 49.1 Å². The van der Waals surface area contributed by atoms with Gasteiger partial charge in [-0.2, -0.15) is 0 Å². The third kappa shape index (κ3) is 7.81. The van der Waals surface area contributed by atoms with E-state index >= 15 is 0 Å². The molecule has 0 radical (unpaired) electrons. The van der Waals surface area contributed by atoms with Gasteiger partial charge < -0.3 is 19.7 Å². The van der Waals surface area contributed by atoms with E-state index in [4.69, 9.17) is 14.5 Å². The van der Waals surface area contributed by atoms with E-state index in [0.717, 1.165) is 71.3 Å². The van der Waals surface area contributed by atoms with E-state index < -0.39 is 6.09 Å². The number of pyridine rings is 1. The third-order valence-electron chi connectivity index (χ3n) is 5.42. The number of carbonyl (C=O) groups is 1. The lowest BCUT2D eigenvalue weighted by Gasteiger charge is -2.29. The van der Waals surface area contributed by atoms with Crippen LogP contribution in [-0.4, -0.2) is 54.2 Å². The van der Waals surface area contributed by atoms with Crippen LogP contribution in [-0.2, 0) is 28.2 Å². The summed E-state index contributed by atoms with van der Waals surface area (Å²) in [6, 6.07) is 11.9. The summed E-state index contributed by atoms with van der Waals surface area (Å²) in [6.07, 6.45) is 1.24. The van der Waals surface area contributed by atoms with Gasteiger partial charge in [0.25, 0.3) is 0 Å². The topological polar surface area (TPSA) is 102 Å². The molecule has 0 spiro atoms. The number of thioether (sulfide) groups is 1. The Kier molecular flexibility index (Phi) is 9.76. The van der Waals surface area contributed by atoms with Crippen LogP contribution >= 0.6 is 23.1 Å². The fourth-order valence-electron chi connectivity index (χ4n) is 3.62. The summed E-state index contributed by atoms with van der Waals surface area (Å²) in [5.41, 5.74) is 3.84. The van der Waals surface area contributed by atoms with Crippen molar-refractivity contribution in [2.24, 2.45) is 0 Å². The fraction of sp³-hybridized carbons (Fsp3) is 0.440. The van der Waals surface area contributed by atoms with E-state index in [-0.39, 0.29) is 0 Å². The number of nitrogens with one attached hydrogen (secondary N) is 2. The molecule has 36 heavy (non-hydrogen) atoms. The highest BCUT2D eigenvalue weighted by Gasteiger charge is 2.15. The number of hydrogen-bond acceptors (Lipinski definition) is 10. The third-order valence-corrected chi connectivity index (χ3v) is 7.65. The Hall–Kier alpha value is -2.89. The molecule has 0 aliphatic carbocycles. The van der Waals surface area contributed by atoms with Crippen LogP contribution in [0.5, 0.6) is 0 Å². The average Bonchev–Trinajstić information content (AvgIpc) is 3.38. The van der Waals surface area contributed by atoms with E-state index in [1.54, 1.807) is 23.1 Å². The molecular formula is C25H32N6O3S2. The Morgan fingerprint density at radius 3 is 2.83 bits per heavy atom. The minimum Gasteiger partial charge on any atom is -0.449 e. The smallest absolute Gasteiger partial charge is 0.411 e. The monoisotopic (exact) mass is 528 g/mol. The summed E-state index contributed by atoms with van der Waals surface area (Å²) in [5, 5.41) is 15.8. The second-order valence-electron chi connectivity index (χ2n) is 8.22. The van der Waals surface area contributed by atoms with Gasteiger partial charge in [-0.3, -0.25) is 5.32 Å². The van der Waals surface area contributed by atoms with Gasteiger partial charge >= 0.3 is 6.09 Å². The number of nitrogens with zero attached hydrogens (tertiary/aromatic N) is 4. The zero-order valence-corrected chi connectivity index (χ0v) is 22.3. The molecule has 2 N–H and O–H groups in total. The van der Waals surface area contributed by atoms with Gasteiger partial charge in [0.15, 0.2) is 4.34 Å². The Bertz CT molecular complexity index is 1140. The molecule has 0 atom stereocenters. The van der Waals surface area contributed by atoms with Crippen LogP contribution in [0.15, 0.2) is 40.7 Å². The van der Waals surface area contributed by atoms with Crippen LogP contribution < -0.4 is 15.5 Å². The summed E-state index contributed by atoms with van der Waals surface area (Å²) in [7, 11) is 0. The molecule has 1 aliphatic rings. The number of rotatable bonds is 11. The van der Waals surface area contributed by atoms with Crippen LogP contribution in [0.25, 0.3) is 0 Å². The molecular weight excluding hydrogens is 496 g/mol. The number of anilines is 3. The van der Waals surface area contributed by atoms with Crippen molar-refractivity contribution in [2.75, 3.05) is 48.4 Å². The Morgan fingerprint density at radius 1 is 1.19 bits per heavy atom. The molecule has 1 fully saturated rings. The van der Waals surface area contributed by atoms with Crippen molar-refractivity contribution in [2.45, 2.75) is 43.3 Å². The zero-order chi connectivity index (χ0) is 25.2. The maximum Gasteiger partial charge on any atom is 0.411 e. The van der Waals surface area contributed by atoms with Gasteiger partial charge in [-0.15, -0.1) is 10.2 Å². The predicted molar refractivity (Wildman–Crippen MR) is 145 cm³/mol. The fourth-order valence-corrected chi connectivity index (χ4v) is 5.34. The van der Waals surface area contributed by atoms with Crippen molar-refractivity contribution < 1.29 is 14.3 Å². The van der Waals surface area contributed by atoms with Crippen LogP contribution in [0.1, 0.15) is 36.5 Å². The van der Waals surface area contributed by atoms with Crippen molar-refractivity contribution >= 4 is 46.4 Å². The molecule has 1 amide bonds. The van der Waals surface area contributed by atoms with E-state index in [1.165, 1.54) is 0 Å². The maximum absolute atomic E-state index is 11.9. The molecule has 1 saturated heterocycles. The molecule has 0 saturated carbocycles. The van der Waals surface area contributed by atoms with Crippen LogP contribution in [0, 0.1) is 0 Å². The summed E-state index contributed by atoms with van der Waals surface area (Å²) in [4.78, 5) is 19.1. The SMILES string of the molecule is CCCOC(=O)Nc1cccc(CNc2cc(N3CCOCC3)cc(CSc3nnc(CC)s3)n2)c1. The highest BCUT2D eigenvalue weighted by molar-refractivity contribution is 8.00. The number of morpholine rings is 1. The summed E-state index contributed by atoms with van der Waals surface area (Å²) >= 11 is 3.30. The Morgan fingerprint density at radius 2 is 2.06 bits per heavy atom. The summed E-state index contributed by atoms with van der Waals surface area (Å²) in [6.45, 7) is 8.18. The molecule has 11 heteroatoms. The van der Waals surface area contributed by atoms with Gasteiger partial charge in [0.2, 0.25) is 0 Å². The van der Waals surface area contributed by atoms with E-state index in [0.29, 0.717) is 24.6 Å². The second kappa shape index (κ2) is 13.4. The standard InChI is InChI=1S/C25H32N6O3S2/c1-3-10-34-24(32)28-19-7-5-6-18(13-19)16-26-22-15-21(31-8-11-33-12-9-31)14-20(27-22)17-35-25-30-29-23(4-2)36-25/h5-7,13-15H,3-4,8-12,16-17H2,1-2H3,(H,26,27)(H,28,32). The van der Waals surface area contributed by atoms with Gasteiger partial charge in [0.05, 0.1) is 25.5 Å². The maximum atomic E-state index is 11.9. The van der Waals surface area contributed by atoms with Crippen molar-refractivity contribution in [1.82, 2.24) is 15.2 Å². The van der Waals surface area contributed by atoms with Crippen molar-refractivity contribution in [3.8, 4) is 0 Å². The Balaban J connectivity index is 1.44. The minimum atomic E-state index is -0.439. The number of amides is 1. The van der Waals surface area contributed by atoms with Gasteiger partial charge in [-0.05, 0) is 36.6 Å². The predicted octanol–water partition coefficient (Wildman–Crippen LogP) is 5.20.